The van der Waals surface area contributed by atoms with Gasteiger partial charge in [0, 0.05) is 19.9 Å². The molecule has 0 saturated carbocycles. The lowest BCUT2D eigenvalue weighted by Gasteiger charge is -2.05. The van der Waals surface area contributed by atoms with Crippen molar-refractivity contribution < 1.29 is 19.1 Å². The molecule has 0 radical (unpaired) electrons. The first-order chi connectivity index (χ1) is 15.1. The van der Waals surface area contributed by atoms with E-state index in [1.165, 1.54) is 58.1 Å². The van der Waals surface area contributed by atoms with E-state index in [4.69, 9.17) is 0 Å². The van der Waals surface area contributed by atoms with E-state index in [0.29, 0.717) is 18.7 Å². The van der Waals surface area contributed by atoms with Crippen LogP contribution in [0.3, 0.4) is 0 Å². The second kappa shape index (κ2) is 17.2. The topological polar surface area (TPSA) is 110 Å². The smallest absolute Gasteiger partial charge is 0.358 e. The van der Waals surface area contributed by atoms with Gasteiger partial charge in [0.05, 0.1) is 7.11 Å². The van der Waals surface area contributed by atoms with Gasteiger partial charge in [0.15, 0.2) is 11.5 Å². The Labute approximate surface area is 185 Å². The quantitative estimate of drug-likeness (QED) is 0.278. The summed E-state index contributed by atoms with van der Waals surface area (Å²) in [5.74, 6) is -0.166. The zero-order chi connectivity index (χ0) is 22.7. The normalized spacial score (nSPS) is 10.5. The third kappa shape index (κ3) is 13.4. The molecule has 0 aliphatic heterocycles. The van der Waals surface area contributed by atoms with Gasteiger partial charge in [-0.15, -0.1) is 10.2 Å². The second-order valence-electron chi connectivity index (χ2n) is 7.76. The van der Waals surface area contributed by atoms with Crippen molar-refractivity contribution in [3.8, 4) is 0 Å². The Morgan fingerprint density at radius 3 is 1.65 bits per heavy atom. The number of amides is 2. The largest absolute Gasteiger partial charge is 0.464 e. The molecule has 0 saturated heterocycles. The molecule has 0 fully saturated rings. The van der Waals surface area contributed by atoms with Crippen LogP contribution in [0.15, 0.2) is 12.1 Å². The van der Waals surface area contributed by atoms with Crippen molar-refractivity contribution in [3.63, 3.8) is 0 Å². The summed E-state index contributed by atoms with van der Waals surface area (Å²) in [6.45, 7) is 0. The molecule has 0 spiro atoms. The molecule has 2 N–H and O–H groups in total. The number of esters is 1. The highest BCUT2D eigenvalue weighted by atomic mass is 16.5. The lowest BCUT2D eigenvalue weighted by atomic mass is 10.0. The fraction of sp³-hybridized carbons (Fsp3) is 0.696. The molecule has 0 atom stereocenters. The van der Waals surface area contributed by atoms with E-state index < -0.39 is 5.97 Å². The highest BCUT2D eigenvalue weighted by Crippen LogP contribution is 2.13. The first-order valence-electron chi connectivity index (χ1n) is 11.5. The Bertz CT molecular complexity index is 649. The van der Waals surface area contributed by atoms with Crippen molar-refractivity contribution in [2.45, 2.75) is 89.9 Å². The van der Waals surface area contributed by atoms with E-state index >= 15 is 0 Å². The monoisotopic (exact) mass is 434 g/mol. The summed E-state index contributed by atoms with van der Waals surface area (Å²) in [4.78, 5) is 34.4. The standard InChI is InChI=1S/C23H38N4O4/c1-24-21(28)15-13-11-9-7-5-3-4-6-8-10-12-14-16-22(29)25-20-18-17-19(26-27-20)23(30)31-2/h17-18H,3-16H2,1-2H3,(H,24,28)(H,25,27,29). The molecular formula is C23H38N4O4. The number of unbranched alkanes of at least 4 members (excludes halogenated alkanes) is 11. The van der Waals surface area contributed by atoms with Crippen molar-refractivity contribution in [1.29, 1.82) is 0 Å². The van der Waals surface area contributed by atoms with Crippen molar-refractivity contribution in [1.82, 2.24) is 15.5 Å². The van der Waals surface area contributed by atoms with Crippen LogP contribution in [0, 0.1) is 0 Å². The third-order valence-electron chi connectivity index (χ3n) is 5.16. The lowest BCUT2D eigenvalue weighted by molar-refractivity contribution is -0.120. The van der Waals surface area contributed by atoms with Crippen LogP contribution in [0.2, 0.25) is 0 Å². The van der Waals surface area contributed by atoms with Crippen LogP contribution in [0.25, 0.3) is 0 Å². The lowest BCUT2D eigenvalue weighted by Crippen LogP contribution is -2.16. The van der Waals surface area contributed by atoms with Gasteiger partial charge in [-0.2, -0.15) is 0 Å². The first kappa shape index (κ1) is 26.5. The molecule has 1 aromatic rings. The summed E-state index contributed by atoms with van der Waals surface area (Å²) in [6, 6.07) is 3.02. The van der Waals surface area contributed by atoms with Gasteiger partial charge < -0.3 is 15.4 Å². The Hall–Kier alpha value is -2.51. The van der Waals surface area contributed by atoms with Crippen LogP contribution in [0.5, 0.6) is 0 Å². The van der Waals surface area contributed by atoms with Crippen LogP contribution in [0.1, 0.15) is 100 Å². The Morgan fingerprint density at radius 1 is 0.742 bits per heavy atom. The number of hydrogen-bond acceptors (Lipinski definition) is 6. The van der Waals surface area contributed by atoms with E-state index in [2.05, 4.69) is 25.6 Å². The summed E-state index contributed by atoms with van der Waals surface area (Å²) < 4.78 is 4.56. The minimum Gasteiger partial charge on any atom is -0.464 e. The predicted octanol–water partition coefficient (Wildman–Crippen LogP) is 4.41. The summed E-state index contributed by atoms with van der Waals surface area (Å²) >= 11 is 0. The molecule has 1 heterocycles. The zero-order valence-corrected chi connectivity index (χ0v) is 19.1. The number of carbonyl (C=O) groups excluding carboxylic acids is 3. The first-order valence-corrected chi connectivity index (χ1v) is 11.5. The fourth-order valence-electron chi connectivity index (χ4n) is 3.28. The average Bonchev–Trinajstić information content (AvgIpc) is 2.79. The molecule has 0 aromatic carbocycles. The van der Waals surface area contributed by atoms with E-state index in [1.807, 2.05) is 0 Å². The number of nitrogens with one attached hydrogen (secondary N) is 2. The van der Waals surface area contributed by atoms with Crippen LogP contribution >= 0.6 is 0 Å². The van der Waals surface area contributed by atoms with Crippen molar-refractivity contribution in [3.05, 3.63) is 17.8 Å². The van der Waals surface area contributed by atoms with E-state index in [0.717, 1.165) is 32.1 Å². The second-order valence-corrected chi connectivity index (χ2v) is 7.76. The van der Waals surface area contributed by atoms with Crippen LogP contribution < -0.4 is 10.6 Å². The molecule has 0 unspecified atom stereocenters. The molecule has 8 nitrogen and oxygen atoms in total. The number of hydrogen-bond donors (Lipinski definition) is 2. The molecule has 8 heteroatoms. The van der Waals surface area contributed by atoms with E-state index in [1.54, 1.807) is 13.1 Å². The van der Waals surface area contributed by atoms with Gasteiger partial charge in [-0.25, -0.2) is 4.79 Å². The maximum absolute atomic E-state index is 11.9. The molecule has 174 valence electrons. The van der Waals surface area contributed by atoms with Gasteiger partial charge in [0.2, 0.25) is 11.8 Å². The predicted molar refractivity (Wildman–Crippen MR) is 121 cm³/mol. The maximum atomic E-state index is 11.9. The highest BCUT2D eigenvalue weighted by Gasteiger charge is 2.09. The van der Waals surface area contributed by atoms with Crippen molar-refractivity contribution in [2.24, 2.45) is 0 Å². The number of aromatic nitrogens is 2. The summed E-state index contributed by atoms with van der Waals surface area (Å²) in [7, 11) is 2.96. The van der Waals surface area contributed by atoms with Gasteiger partial charge in [0.1, 0.15) is 0 Å². The molecule has 1 rings (SSSR count). The highest BCUT2D eigenvalue weighted by molar-refractivity contribution is 5.90. The van der Waals surface area contributed by atoms with Gasteiger partial charge in [-0.3, -0.25) is 9.59 Å². The zero-order valence-electron chi connectivity index (χ0n) is 19.1. The molecule has 0 aliphatic rings. The number of nitrogens with zero attached hydrogens (tertiary/aromatic N) is 2. The SMILES string of the molecule is CNC(=O)CCCCCCCCCCCCCCC(=O)Nc1ccc(C(=O)OC)nn1. The Kier molecular flexibility index (Phi) is 14.7. The minimum atomic E-state index is -0.556. The Morgan fingerprint density at radius 2 is 1.23 bits per heavy atom. The molecule has 0 bridgehead atoms. The fourth-order valence-corrected chi connectivity index (χ4v) is 3.28. The number of ether oxygens (including phenoxy) is 1. The summed E-state index contributed by atoms with van der Waals surface area (Å²) in [6.07, 6.45) is 15.1. The van der Waals surface area contributed by atoms with Crippen molar-refractivity contribution in [2.75, 3.05) is 19.5 Å². The van der Waals surface area contributed by atoms with Crippen LogP contribution in [0.4, 0.5) is 5.82 Å². The van der Waals surface area contributed by atoms with E-state index in [-0.39, 0.29) is 17.5 Å². The van der Waals surface area contributed by atoms with Crippen molar-refractivity contribution >= 4 is 23.6 Å². The molecular weight excluding hydrogens is 396 g/mol. The number of methoxy groups -OCH3 is 1. The molecule has 31 heavy (non-hydrogen) atoms. The third-order valence-corrected chi connectivity index (χ3v) is 5.16. The summed E-state index contributed by atoms with van der Waals surface area (Å²) in [5, 5.41) is 12.9. The molecule has 0 aliphatic carbocycles. The van der Waals surface area contributed by atoms with Crippen LogP contribution in [-0.2, 0) is 14.3 Å². The van der Waals surface area contributed by atoms with Gasteiger partial charge in [0.25, 0.3) is 0 Å². The van der Waals surface area contributed by atoms with E-state index in [9.17, 15) is 14.4 Å². The Balaban J connectivity index is 1.91. The van der Waals surface area contributed by atoms with Gasteiger partial charge >= 0.3 is 5.97 Å². The number of rotatable bonds is 17. The minimum absolute atomic E-state index is 0.0876. The van der Waals surface area contributed by atoms with Gasteiger partial charge in [-0.1, -0.05) is 64.2 Å². The van der Waals surface area contributed by atoms with Gasteiger partial charge in [-0.05, 0) is 25.0 Å². The summed E-state index contributed by atoms with van der Waals surface area (Å²) in [5.41, 5.74) is 0.110. The maximum Gasteiger partial charge on any atom is 0.358 e. The number of carbonyl (C=O) groups is 3. The average molecular weight is 435 g/mol. The molecule has 1 aromatic heterocycles. The molecule has 2 amide bonds. The van der Waals surface area contributed by atoms with Crippen LogP contribution in [-0.4, -0.2) is 42.1 Å². The number of anilines is 1.